The molecule has 0 aliphatic carbocycles. The lowest BCUT2D eigenvalue weighted by molar-refractivity contribution is 0.407. The average molecular weight is 144 g/mol. The predicted molar refractivity (Wildman–Crippen MR) is 46.0 cm³/mol. The third-order valence-corrected chi connectivity index (χ3v) is 1.70. The first kappa shape index (κ1) is 9.92. The van der Waals surface area contributed by atoms with E-state index in [0.717, 1.165) is 6.54 Å². The summed E-state index contributed by atoms with van der Waals surface area (Å²) in [7, 11) is 0. The molecule has 1 aliphatic rings. The fraction of sp³-hybridized carbons (Fsp3) is 1.00. The smallest absolute Gasteiger partial charge is 0.0190 e. The van der Waals surface area contributed by atoms with Crippen LogP contribution in [0.5, 0.6) is 0 Å². The van der Waals surface area contributed by atoms with Crippen LogP contribution in [0.2, 0.25) is 0 Å². The molecule has 1 heterocycles. The molecule has 1 fully saturated rings. The third-order valence-electron chi connectivity index (χ3n) is 1.70. The number of nitrogens with two attached hydrogens (primary N) is 1. The van der Waals surface area contributed by atoms with Gasteiger partial charge in [0.1, 0.15) is 0 Å². The van der Waals surface area contributed by atoms with E-state index in [1.807, 2.05) is 13.8 Å². The number of hydrogen-bond donors (Lipinski definition) is 2. The zero-order valence-electron chi connectivity index (χ0n) is 7.19. The lowest BCUT2D eigenvalue weighted by Crippen LogP contribution is -2.39. The summed E-state index contributed by atoms with van der Waals surface area (Å²) >= 11 is 0. The van der Waals surface area contributed by atoms with Crippen LogP contribution in [0.3, 0.4) is 0 Å². The fourth-order valence-corrected chi connectivity index (χ4v) is 1.13. The first-order valence-electron chi connectivity index (χ1n) is 4.37. The van der Waals surface area contributed by atoms with Crippen LogP contribution < -0.4 is 11.1 Å². The zero-order valence-corrected chi connectivity index (χ0v) is 7.19. The van der Waals surface area contributed by atoms with Gasteiger partial charge in [0.2, 0.25) is 0 Å². The van der Waals surface area contributed by atoms with E-state index in [4.69, 9.17) is 5.73 Å². The maximum Gasteiger partial charge on any atom is 0.0190 e. The molecule has 0 aromatic rings. The average Bonchev–Trinajstić information content (AvgIpc) is 2.10. The van der Waals surface area contributed by atoms with Crippen LogP contribution in [-0.2, 0) is 0 Å². The topological polar surface area (TPSA) is 38.0 Å². The summed E-state index contributed by atoms with van der Waals surface area (Å²) in [4.78, 5) is 0. The Labute approximate surface area is 64.2 Å². The van der Waals surface area contributed by atoms with Crippen molar-refractivity contribution < 1.29 is 0 Å². The summed E-state index contributed by atoms with van der Waals surface area (Å²) in [5, 5.41) is 3.34. The van der Waals surface area contributed by atoms with E-state index in [1.165, 1.54) is 25.8 Å². The largest absolute Gasteiger partial charge is 0.329 e. The Morgan fingerprint density at radius 1 is 1.40 bits per heavy atom. The molecule has 1 saturated heterocycles. The minimum absolute atomic E-state index is 0.615. The van der Waals surface area contributed by atoms with Crippen molar-refractivity contribution in [2.75, 3.05) is 13.1 Å². The Morgan fingerprint density at radius 2 is 2.10 bits per heavy atom. The van der Waals surface area contributed by atoms with E-state index in [2.05, 4.69) is 5.32 Å². The first-order valence-corrected chi connectivity index (χ1v) is 4.37. The summed E-state index contributed by atoms with van der Waals surface area (Å²) in [5.74, 6) is 0. The van der Waals surface area contributed by atoms with Crippen molar-refractivity contribution in [2.24, 2.45) is 5.73 Å². The van der Waals surface area contributed by atoms with Crippen LogP contribution in [0.25, 0.3) is 0 Å². The van der Waals surface area contributed by atoms with Crippen molar-refractivity contribution >= 4 is 0 Å². The summed E-state index contributed by atoms with van der Waals surface area (Å²) in [5.41, 5.74) is 5.44. The van der Waals surface area contributed by atoms with Gasteiger partial charge < -0.3 is 11.1 Å². The molecule has 0 bridgehead atoms. The monoisotopic (exact) mass is 144 g/mol. The highest BCUT2D eigenvalue weighted by atomic mass is 14.9. The van der Waals surface area contributed by atoms with E-state index in [9.17, 15) is 0 Å². The minimum Gasteiger partial charge on any atom is -0.329 e. The SMILES string of the molecule is CC.NCC1CCCCN1. The van der Waals surface area contributed by atoms with Crippen LogP contribution in [0, 0.1) is 0 Å². The van der Waals surface area contributed by atoms with Gasteiger partial charge in [-0.3, -0.25) is 0 Å². The summed E-state index contributed by atoms with van der Waals surface area (Å²) in [6.45, 7) is 5.97. The van der Waals surface area contributed by atoms with E-state index >= 15 is 0 Å². The zero-order chi connectivity index (χ0) is 7.82. The molecule has 0 aromatic heterocycles. The maximum atomic E-state index is 5.44. The number of piperidine rings is 1. The van der Waals surface area contributed by atoms with Gasteiger partial charge in [-0.05, 0) is 19.4 Å². The lowest BCUT2D eigenvalue weighted by atomic mass is 10.1. The Morgan fingerprint density at radius 3 is 2.40 bits per heavy atom. The third kappa shape index (κ3) is 3.85. The van der Waals surface area contributed by atoms with E-state index in [0.29, 0.717) is 6.04 Å². The molecule has 0 spiro atoms. The molecule has 10 heavy (non-hydrogen) atoms. The summed E-state index contributed by atoms with van der Waals surface area (Å²) < 4.78 is 0. The van der Waals surface area contributed by atoms with Crippen molar-refractivity contribution in [3.8, 4) is 0 Å². The highest BCUT2D eigenvalue weighted by molar-refractivity contribution is 4.71. The Hall–Kier alpha value is -0.0800. The van der Waals surface area contributed by atoms with Crippen molar-refractivity contribution in [1.29, 1.82) is 0 Å². The van der Waals surface area contributed by atoms with Crippen LogP contribution in [-0.4, -0.2) is 19.1 Å². The van der Waals surface area contributed by atoms with Crippen molar-refractivity contribution in [1.82, 2.24) is 5.32 Å². The molecule has 2 heteroatoms. The second-order valence-corrected chi connectivity index (χ2v) is 2.38. The van der Waals surface area contributed by atoms with Crippen molar-refractivity contribution in [3.05, 3.63) is 0 Å². The second-order valence-electron chi connectivity index (χ2n) is 2.38. The molecule has 0 amide bonds. The molecule has 62 valence electrons. The molecule has 1 rings (SSSR count). The van der Waals surface area contributed by atoms with Gasteiger partial charge in [0.25, 0.3) is 0 Å². The Balaban J connectivity index is 0.000000371. The summed E-state index contributed by atoms with van der Waals surface area (Å²) in [6.07, 6.45) is 3.96. The predicted octanol–water partition coefficient (Wildman–Crippen LogP) is 1.11. The Kier molecular flexibility index (Phi) is 6.98. The van der Waals surface area contributed by atoms with Gasteiger partial charge in [-0.2, -0.15) is 0 Å². The van der Waals surface area contributed by atoms with Crippen LogP contribution in [0.1, 0.15) is 33.1 Å². The normalized spacial score (nSPS) is 24.9. The molecule has 1 atom stereocenters. The fourth-order valence-electron chi connectivity index (χ4n) is 1.13. The van der Waals surface area contributed by atoms with Crippen molar-refractivity contribution in [3.63, 3.8) is 0 Å². The highest BCUT2D eigenvalue weighted by Gasteiger charge is 2.08. The van der Waals surface area contributed by atoms with E-state index in [-0.39, 0.29) is 0 Å². The van der Waals surface area contributed by atoms with Crippen LogP contribution in [0.15, 0.2) is 0 Å². The Bertz CT molecular complexity index is 58.3. The lowest BCUT2D eigenvalue weighted by Gasteiger charge is -2.21. The minimum atomic E-state index is 0.615. The van der Waals surface area contributed by atoms with Gasteiger partial charge in [-0.25, -0.2) is 0 Å². The maximum absolute atomic E-state index is 5.44. The van der Waals surface area contributed by atoms with Gasteiger partial charge in [0.15, 0.2) is 0 Å². The van der Waals surface area contributed by atoms with Gasteiger partial charge in [0.05, 0.1) is 0 Å². The van der Waals surface area contributed by atoms with Crippen LogP contribution >= 0.6 is 0 Å². The molecule has 3 N–H and O–H groups in total. The van der Waals surface area contributed by atoms with E-state index in [1.54, 1.807) is 0 Å². The van der Waals surface area contributed by atoms with Gasteiger partial charge in [-0.1, -0.05) is 20.3 Å². The van der Waals surface area contributed by atoms with Crippen LogP contribution in [0.4, 0.5) is 0 Å². The second kappa shape index (κ2) is 7.03. The molecule has 2 nitrogen and oxygen atoms in total. The van der Waals surface area contributed by atoms with Gasteiger partial charge in [-0.15, -0.1) is 0 Å². The molecular formula is C8H20N2. The van der Waals surface area contributed by atoms with Gasteiger partial charge in [0, 0.05) is 12.6 Å². The molecule has 0 saturated carbocycles. The number of rotatable bonds is 1. The number of hydrogen-bond acceptors (Lipinski definition) is 2. The summed E-state index contributed by atoms with van der Waals surface area (Å²) in [6, 6.07) is 0.615. The highest BCUT2D eigenvalue weighted by Crippen LogP contribution is 2.04. The molecule has 0 radical (unpaired) electrons. The van der Waals surface area contributed by atoms with Gasteiger partial charge >= 0.3 is 0 Å². The number of nitrogens with one attached hydrogen (secondary N) is 1. The quantitative estimate of drug-likeness (QED) is 0.578. The molecule has 0 aromatic carbocycles. The molecular weight excluding hydrogens is 124 g/mol. The van der Waals surface area contributed by atoms with Crippen molar-refractivity contribution in [2.45, 2.75) is 39.2 Å². The first-order chi connectivity index (χ1) is 4.93. The molecule has 1 aliphatic heterocycles. The standard InChI is InChI=1S/C6H14N2.C2H6/c7-5-6-3-1-2-4-8-6;1-2/h6,8H,1-5,7H2;1-2H3. The van der Waals surface area contributed by atoms with E-state index < -0.39 is 0 Å². The molecule has 1 unspecified atom stereocenters.